The standard InChI is InChI=1S/C13H16ClNO/c14-9-2-3-11-10(6-9)12(16)7-15-8-13(11)4-1-5-13/h2-3,6,12,15-16H,1,4-5,7-8H2. The molecule has 16 heavy (non-hydrogen) atoms. The first kappa shape index (κ1) is 10.6. The summed E-state index contributed by atoms with van der Waals surface area (Å²) in [6.07, 6.45) is 3.32. The highest BCUT2D eigenvalue weighted by molar-refractivity contribution is 6.30. The Kier molecular flexibility index (Phi) is 2.46. The lowest BCUT2D eigenvalue weighted by Gasteiger charge is -2.42. The minimum absolute atomic E-state index is 0.261. The third-order valence-electron chi connectivity index (χ3n) is 4.06. The van der Waals surface area contributed by atoms with Gasteiger partial charge in [-0.2, -0.15) is 0 Å². The molecule has 1 heterocycles. The Morgan fingerprint density at radius 2 is 2.19 bits per heavy atom. The summed E-state index contributed by atoms with van der Waals surface area (Å²) in [4.78, 5) is 0. The number of β-amino-alcohol motifs (C(OH)–C–C–N with tert-alkyl or cyclic N) is 1. The van der Waals surface area contributed by atoms with Crippen LogP contribution in [0.2, 0.25) is 5.02 Å². The van der Waals surface area contributed by atoms with E-state index in [9.17, 15) is 5.11 Å². The fraction of sp³-hybridized carbons (Fsp3) is 0.538. The van der Waals surface area contributed by atoms with Gasteiger partial charge in [0.2, 0.25) is 0 Å². The molecular formula is C13H16ClNO. The number of rotatable bonds is 0. The molecule has 3 heteroatoms. The fourth-order valence-corrected chi connectivity index (χ4v) is 3.18. The number of nitrogens with one attached hydrogen (secondary N) is 1. The van der Waals surface area contributed by atoms with Gasteiger partial charge in [-0.05, 0) is 36.1 Å². The van der Waals surface area contributed by atoms with Crippen molar-refractivity contribution in [2.45, 2.75) is 30.8 Å². The molecule has 1 spiro atoms. The Morgan fingerprint density at radius 3 is 2.88 bits per heavy atom. The molecule has 0 saturated heterocycles. The predicted molar refractivity (Wildman–Crippen MR) is 64.8 cm³/mol. The molecular weight excluding hydrogens is 222 g/mol. The average molecular weight is 238 g/mol. The SMILES string of the molecule is OC1CNCC2(CCC2)c2ccc(Cl)cc21. The van der Waals surface area contributed by atoms with Crippen molar-refractivity contribution in [3.8, 4) is 0 Å². The van der Waals surface area contributed by atoms with Crippen LogP contribution in [-0.2, 0) is 5.41 Å². The quantitative estimate of drug-likeness (QED) is 0.726. The van der Waals surface area contributed by atoms with Gasteiger partial charge in [-0.25, -0.2) is 0 Å². The molecule has 1 fully saturated rings. The van der Waals surface area contributed by atoms with Crippen molar-refractivity contribution in [1.82, 2.24) is 5.32 Å². The van der Waals surface area contributed by atoms with Gasteiger partial charge in [-0.3, -0.25) is 0 Å². The number of aliphatic hydroxyl groups excluding tert-OH is 1. The molecule has 1 aromatic carbocycles. The lowest BCUT2D eigenvalue weighted by molar-refractivity contribution is 0.177. The van der Waals surface area contributed by atoms with Crippen LogP contribution in [0.15, 0.2) is 18.2 Å². The van der Waals surface area contributed by atoms with E-state index in [0.717, 1.165) is 12.1 Å². The number of fused-ring (bicyclic) bond motifs is 2. The summed E-state index contributed by atoms with van der Waals surface area (Å²) in [5.74, 6) is 0. The molecule has 0 amide bonds. The van der Waals surface area contributed by atoms with Crippen molar-refractivity contribution in [3.63, 3.8) is 0 Å². The van der Waals surface area contributed by atoms with Gasteiger partial charge >= 0.3 is 0 Å². The molecule has 1 unspecified atom stereocenters. The predicted octanol–water partition coefficient (Wildman–Crippen LogP) is 2.40. The number of halogens is 1. The second kappa shape index (κ2) is 3.73. The zero-order chi connectivity index (χ0) is 11.2. The van der Waals surface area contributed by atoms with E-state index in [4.69, 9.17) is 11.6 Å². The second-order valence-corrected chi connectivity index (χ2v) is 5.45. The average Bonchev–Trinajstić information content (AvgIpc) is 2.35. The molecule has 2 nitrogen and oxygen atoms in total. The maximum Gasteiger partial charge on any atom is 0.0917 e. The monoisotopic (exact) mass is 237 g/mol. The van der Waals surface area contributed by atoms with Crippen LogP contribution in [0.1, 0.15) is 36.5 Å². The smallest absolute Gasteiger partial charge is 0.0917 e. The topological polar surface area (TPSA) is 32.3 Å². The van der Waals surface area contributed by atoms with E-state index in [1.165, 1.54) is 24.8 Å². The molecule has 1 aliphatic heterocycles. The maximum absolute atomic E-state index is 10.1. The Balaban J connectivity index is 2.13. The zero-order valence-corrected chi connectivity index (χ0v) is 9.93. The van der Waals surface area contributed by atoms with E-state index in [2.05, 4.69) is 11.4 Å². The molecule has 86 valence electrons. The number of benzene rings is 1. The van der Waals surface area contributed by atoms with E-state index in [1.54, 1.807) is 0 Å². The van der Waals surface area contributed by atoms with E-state index in [-0.39, 0.29) is 5.41 Å². The van der Waals surface area contributed by atoms with E-state index in [1.807, 2.05) is 12.1 Å². The lowest BCUT2D eigenvalue weighted by atomic mass is 9.63. The summed E-state index contributed by atoms with van der Waals surface area (Å²) < 4.78 is 0. The molecule has 2 N–H and O–H groups in total. The molecule has 1 aromatic rings. The summed E-state index contributed by atoms with van der Waals surface area (Å²) >= 11 is 6.02. The van der Waals surface area contributed by atoms with Crippen molar-refractivity contribution in [3.05, 3.63) is 34.3 Å². The molecule has 1 aliphatic carbocycles. The van der Waals surface area contributed by atoms with Crippen LogP contribution in [0, 0.1) is 0 Å². The summed E-state index contributed by atoms with van der Waals surface area (Å²) in [6.45, 7) is 1.62. The Labute approximate surface area is 101 Å². The normalized spacial score (nSPS) is 27.0. The Hall–Kier alpha value is -0.570. The second-order valence-electron chi connectivity index (χ2n) is 5.01. The number of aliphatic hydroxyl groups is 1. The molecule has 0 aromatic heterocycles. The van der Waals surface area contributed by atoms with Gasteiger partial charge in [0.05, 0.1) is 6.10 Å². The van der Waals surface area contributed by atoms with E-state index in [0.29, 0.717) is 11.6 Å². The maximum atomic E-state index is 10.1. The van der Waals surface area contributed by atoms with Crippen LogP contribution < -0.4 is 5.32 Å². The third-order valence-corrected chi connectivity index (χ3v) is 4.29. The minimum Gasteiger partial charge on any atom is -0.387 e. The van der Waals surface area contributed by atoms with Gasteiger partial charge in [0.15, 0.2) is 0 Å². The highest BCUT2D eigenvalue weighted by Gasteiger charge is 2.42. The first-order valence-electron chi connectivity index (χ1n) is 5.90. The minimum atomic E-state index is -0.423. The van der Waals surface area contributed by atoms with Gasteiger partial charge in [0, 0.05) is 23.5 Å². The van der Waals surface area contributed by atoms with Crippen LogP contribution in [0.5, 0.6) is 0 Å². The van der Waals surface area contributed by atoms with Gasteiger partial charge in [0.1, 0.15) is 0 Å². The largest absolute Gasteiger partial charge is 0.387 e. The van der Waals surface area contributed by atoms with Gasteiger partial charge in [-0.15, -0.1) is 0 Å². The van der Waals surface area contributed by atoms with Crippen molar-refractivity contribution in [2.75, 3.05) is 13.1 Å². The van der Waals surface area contributed by atoms with Gasteiger partial charge in [-0.1, -0.05) is 24.1 Å². The number of hydrogen-bond donors (Lipinski definition) is 2. The summed E-state index contributed by atoms with van der Waals surface area (Å²) in [6, 6.07) is 5.97. The first-order valence-corrected chi connectivity index (χ1v) is 6.28. The van der Waals surface area contributed by atoms with Crippen molar-refractivity contribution in [1.29, 1.82) is 0 Å². The lowest BCUT2D eigenvalue weighted by Crippen LogP contribution is -2.42. The van der Waals surface area contributed by atoms with E-state index < -0.39 is 6.10 Å². The van der Waals surface area contributed by atoms with Crippen molar-refractivity contribution in [2.24, 2.45) is 0 Å². The fourth-order valence-electron chi connectivity index (χ4n) is 3.00. The summed E-state index contributed by atoms with van der Waals surface area (Å²) in [5.41, 5.74) is 2.59. The molecule has 2 aliphatic rings. The van der Waals surface area contributed by atoms with Crippen LogP contribution in [-0.4, -0.2) is 18.2 Å². The molecule has 0 radical (unpaired) electrons. The van der Waals surface area contributed by atoms with Crippen LogP contribution in [0.3, 0.4) is 0 Å². The Morgan fingerprint density at radius 1 is 1.38 bits per heavy atom. The van der Waals surface area contributed by atoms with Gasteiger partial charge < -0.3 is 10.4 Å². The third kappa shape index (κ3) is 1.48. The van der Waals surface area contributed by atoms with Crippen LogP contribution >= 0.6 is 11.6 Å². The van der Waals surface area contributed by atoms with E-state index >= 15 is 0 Å². The Bertz CT molecular complexity index is 414. The molecule has 1 saturated carbocycles. The number of hydrogen-bond acceptors (Lipinski definition) is 2. The molecule has 1 atom stereocenters. The highest BCUT2D eigenvalue weighted by Crippen LogP contribution is 2.47. The highest BCUT2D eigenvalue weighted by atomic mass is 35.5. The first-order chi connectivity index (χ1) is 7.71. The molecule has 3 rings (SSSR count). The summed E-state index contributed by atoms with van der Waals surface area (Å²) in [7, 11) is 0. The molecule has 0 bridgehead atoms. The zero-order valence-electron chi connectivity index (χ0n) is 9.17. The van der Waals surface area contributed by atoms with Crippen molar-refractivity contribution < 1.29 is 5.11 Å². The van der Waals surface area contributed by atoms with Crippen LogP contribution in [0.4, 0.5) is 0 Å². The van der Waals surface area contributed by atoms with Gasteiger partial charge in [0.25, 0.3) is 0 Å². The summed E-state index contributed by atoms with van der Waals surface area (Å²) in [5, 5.41) is 14.2. The van der Waals surface area contributed by atoms with Crippen molar-refractivity contribution >= 4 is 11.6 Å². The van der Waals surface area contributed by atoms with Crippen LogP contribution in [0.25, 0.3) is 0 Å².